The first kappa shape index (κ1) is 15.0. The first-order valence-electron chi connectivity index (χ1n) is 7.76. The number of hydrogen-bond acceptors (Lipinski definition) is 6. The van der Waals surface area contributed by atoms with E-state index in [-0.39, 0.29) is 0 Å². The first-order chi connectivity index (χ1) is 10.5. The standard InChI is InChI=1S/C16H24N6/c1-9-6-11(3)18-15-13(9)14(17-4)20-16(21-15)19-12-8-22(5)7-10(12)2/h6,10,12H,7-8H2,1-5H3,(H2,17,18,19,20,21)/t10-,12+/m1/s1. The molecule has 0 spiro atoms. The van der Waals surface area contributed by atoms with Gasteiger partial charge < -0.3 is 15.5 Å². The van der Waals surface area contributed by atoms with Crippen molar-refractivity contribution in [3.8, 4) is 0 Å². The van der Waals surface area contributed by atoms with Crippen LogP contribution >= 0.6 is 0 Å². The molecule has 0 unspecified atom stereocenters. The lowest BCUT2D eigenvalue weighted by molar-refractivity contribution is 0.401. The monoisotopic (exact) mass is 300 g/mol. The van der Waals surface area contributed by atoms with Crippen LogP contribution in [0.25, 0.3) is 11.0 Å². The number of aryl methyl sites for hydroxylation is 2. The lowest BCUT2D eigenvalue weighted by atomic mass is 10.1. The minimum absolute atomic E-state index is 0.373. The van der Waals surface area contributed by atoms with Crippen LogP contribution in [0.2, 0.25) is 0 Å². The third-order valence-corrected chi connectivity index (χ3v) is 4.34. The van der Waals surface area contributed by atoms with Gasteiger partial charge in [0.25, 0.3) is 0 Å². The molecule has 2 atom stereocenters. The molecule has 0 aliphatic carbocycles. The fourth-order valence-corrected chi connectivity index (χ4v) is 3.29. The predicted molar refractivity (Wildman–Crippen MR) is 90.4 cm³/mol. The number of rotatable bonds is 3. The molecule has 1 aliphatic heterocycles. The van der Waals surface area contributed by atoms with Crippen LogP contribution in [0.4, 0.5) is 11.8 Å². The van der Waals surface area contributed by atoms with Crippen LogP contribution < -0.4 is 10.6 Å². The number of likely N-dealkylation sites (tertiary alicyclic amines) is 1. The molecule has 0 radical (unpaired) electrons. The molecule has 118 valence electrons. The van der Waals surface area contributed by atoms with E-state index in [4.69, 9.17) is 0 Å². The average Bonchev–Trinajstić information content (AvgIpc) is 2.75. The Morgan fingerprint density at radius 2 is 1.95 bits per heavy atom. The number of nitrogens with one attached hydrogen (secondary N) is 2. The Morgan fingerprint density at radius 3 is 2.59 bits per heavy atom. The van der Waals surface area contributed by atoms with Crippen LogP contribution in [0.3, 0.4) is 0 Å². The number of likely N-dealkylation sites (N-methyl/N-ethyl adjacent to an activating group) is 1. The molecular formula is C16H24N6. The van der Waals surface area contributed by atoms with Crippen LogP contribution in [0.15, 0.2) is 6.07 Å². The van der Waals surface area contributed by atoms with Gasteiger partial charge in [-0.05, 0) is 38.4 Å². The van der Waals surface area contributed by atoms with E-state index in [0.29, 0.717) is 17.9 Å². The summed E-state index contributed by atoms with van der Waals surface area (Å²) in [5.74, 6) is 2.06. The van der Waals surface area contributed by atoms with Gasteiger partial charge in [0.1, 0.15) is 5.82 Å². The fourth-order valence-electron chi connectivity index (χ4n) is 3.29. The molecule has 0 aromatic carbocycles. The van der Waals surface area contributed by atoms with Crippen LogP contribution in [-0.4, -0.2) is 53.1 Å². The number of pyridine rings is 1. The highest BCUT2D eigenvalue weighted by Crippen LogP contribution is 2.26. The molecule has 1 saturated heterocycles. The van der Waals surface area contributed by atoms with Crippen molar-refractivity contribution in [2.24, 2.45) is 5.92 Å². The Hall–Kier alpha value is -1.95. The van der Waals surface area contributed by atoms with Gasteiger partial charge in [-0.15, -0.1) is 0 Å². The summed E-state index contributed by atoms with van der Waals surface area (Å²) in [6.45, 7) is 8.43. The minimum atomic E-state index is 0.373. The Balaban J connectivity index is 2.00. The lowest BCUT2D eigenvalue weighted by Crippen LogP contribution is -2.28. The van der Waals surface area contributed by atoms with Crippen molar-refractivity contribution >= 4 is 22.8 Å². The van der Waals surface area contributed by atoms with Gasteiger partial charge in [-0.2, -0.15) is 9.97 Å². The maximum atomic E-state index is 4.64. The molecule has 1 aliphatic rings. The summed E-state index contributed by atoms with van der Waals surface area (Å²) in [7, 11) is 4.03. The second-order valence-corrected chi connectivity index (χ2v) is 6.37. The summed E-state index contributed by atoms with van der Waals surface area (Å²) in [4.78, 5) is 16.2. The Morgan fingerprint density at radius 1 is 1.18 bits per heavy atom. The zero-order valence-corrected chi connectivity index (χ0v) is 13.9. The molecule has 6 nitrogen and oxygen atoms in total. The first-order valence-corrected chi connectivity index (χ1v) is 7.76. The Labute approximate surface area is 131 Å². The van der Waals surface area contributed by atoms with E-state index in [9.17, 15) is 0 Å². The molecule has 0 amide bonds. The van der Waals surface area contributed by atoms with Crippen molar-refractivity contribution in [1.82, 2.24) is 19.9 Å². The molecule has 0 bridgehead atoms. The van der Waals surface area contributed by atoms with E-state index < -0.39 is 0 Å². The third kappa shape index (κ3) is 2.70. The van der Waals surface area contributed by atoms with E-state index in [2.05, 4.69) is 57.4 Å². The Kier molecular flexibility index (Phi) is 3.87. The van der Waals surface area contributed by atoms with Gasteiger partial charge in [0, 0.05) is 31.9 Å². The van der Waals surface area contributed by atoms with Gasteiger partial charge in [0.2, 0.25) is 5.95 Å². The van der Waals surface area contributed by atoms with E-state index in [1.54, 1.807) is 0 Å². The maximum absolute atomic E-state index is 4.64. The van der Waals surface area contributed by atoms with Crippen LogP contribution in [-0.2, 0) is 0 Å². The molecule has 3 heterocycles. The Bertz CT molecular complexity index is 699. The SMILES string of the molecule is CNc1nc(N[C@H]2CN(C)C[C@H]2C)nc2nc(C)cc(C)c12. The van der Waals surface area contributed by atoms with Crippen molar-refractivity contribution in [2.75, 3.05) is 37.8 Å². The largest absolute Gasteiger partial charge is 0.372 e. The van der Waals surface area contributed by atoms with Crippen LogP contribution in [0.1, 0.15) is 18.2 Å². The molecule has 1 fully saturated rings. The fraction of sp³-hybridized carbons (Fsp3) is 0.562. The highest BCUT2D eigenvalue weighted by molar-refractivity contribution is 5.90. The molecular weight excluding hydrogens is 276 g/mol. The number of anilines is 2. The van der Waals surface area contributed by atoms with Gasteiger partial charge in [0.05, 0.1) is 5.39 Å². The maximum Gasteiger partial charge on any atom is 0.227 e. The van der Waals surface area contributed by atoms with E-state index in [1.165, 1.54) is 0 Å². The van der Waals surface area contributed by atoms with E-state index in [1.807, 2.05) is 14.0 Å². The van der Waals surface area contributed by atoms with Crippen LogP contribution in [0.5, 0.6) is 0 Å². The highest BCUT2D eigenvalue weighted by Gasteiger charge is 2.28. The predicted octanol–water partition coefficient (Wildman–Crippen LogP) is 2.05. The van der Waals surface area contributed by atoms with Gasteiger partial charge in [-0.1, -0.05) is 6.92 Å². The molecule has 6 heteroatoms. The molecule has 3 rings (SSSR count). The number of nitrogens with zero attached hydrogens (tertiary/aromatic N) is 4. The van der Waals surface area contributed by atoms with Crippen molar-refractivity contribution in [3.63, 3.8) is 0 Å². The molecule has 2 aromatic heterocycles. The second-order valence-electron chi connectivity index (χ2n) is 6.37. The summed E-state index contributed by atoms with van der Waals surface area (Å²) in [5, 5.41) is 7.65. The number of fused-ring (bicyclic) bond motifs is 1. The minimum Gasteiger partial charge on any atom is -0.372 e. The molecule has 2 N–H and O–H groups in total. The number of hydrogen-bond donors (Lipinski definition) is 2. The van der Waals surface area contributed by atoms with Gasteiger partial charge >= 0.3 is 0 Å². The normalized spacial score (nSPS) is 22.2. The summed E-state index contributed by atoms with van der Waals surface area (Å²) < 4.78 is 0. The van der Waals surface area contributed by atoms with Crippen molar-refractivity contribution in [2.45, 2.75) is 26.8 Å². The van der Waals surface area contributed by atoms with Crippen LogP contribution in [0, 0.1) is 19.8 Å². The topological polar surface area (TPSA) is 66.0 Å². The van der Waals surface area contributed by atoms with Gasteiger partial charge in [-0.25, -0.2) is 4.98 Å². The molecule has 2 aromatic rings. The van der Waals surface area contributed by atoms with E-state index >= 15 is 0 Å². The summed E-state index contributed by atoms with van der Waals surface area (Å²) in [6.07, 6.45) is 0. The zero-order valence-electron chi connectivity index (χ0n) is 13.9. The smallest absolute Gasteiger partial charge is 0.227 e. The lowest BCUT2D eigenvalue weighted by Gasteiger charge is -2.18. The van der Waals surface area contributed by atoms with Crippen molar-refractivity contribution < 1.29 is 0 Å². The van der Waals surface area contributed by atoms with Crippen molar-refractivity contribution in [1.29, 1.82) is 0 Å². The zero-order chi connectivity index (χ0) is 15.9. The number of aromatic nitrogens is 3. The molecule has 22 heavy (non-hydrogen) atoms. The molecule has 0 saturated carbocycles. The average molecular weight is 300 g/mol. The van der Waals surface area contributed by atoms with E-state index in [0.717, 1.165) is 41.2 Å². The second kappa shape index (κ2) is 5.68. The summed E-state index contributed by atoms with van der Waals surface area (Å²) in [6, 6.07) is 2.44. The van der Waals surface area contributed by atoms with Gasteiger partial charge in [-0.3, -0.25) is 0 Å². The summed E-state index contributed by atoms with van der Waals surface area (Å²) in [5.41, 5.74) is 2.87. The quantitative estimate of drug-likeness (QED) is 0.904. The third-order valence-electron chi connectivity index (χ3n) is 4.34. The highest BCUT2D eigenvalue weighted by atomic mass is 15.2. The van der Waals surface area contributed by atoms with Gasteiger partial charge in [0.15, 0.2) is 5.65 Å². The summed E-state index contributed by atoms with van der Waals surface area (Å²) >= 11 is 0. The van der Waals surface area contributed by atoms with Crippen molar-refractivity contribution in [3.05, 3.63) is 17.3 Å².